The second-order valence-corrected chi connectivity index (χ2v) is 6.76. The molecule has 2 heterocycles. The zero-order valence-corrected chi connectivity index (χ0v) is 15.1. The molecule has 128 valence electrons. The van der Waals surface area contributed by atoms with Gasteiger partial charge in [0, 0.05) is 10.8 Å². The molecular formula is C17H14N2O4S2. The molecule has 0 radical (unpaired) electrons. The highest BCUT2D eigenvalue weighted by Crippen LogP contribution is 2.29. The molecule has 8 heteroatoms. The summed E-state index contributed by atoms with van der Waals surface area (Å²) < 4.78 is 10.1. The SMILES string of the molecule is COC(=O)c1csc(-c2csc(C(C)OC(=O)c3ccccc3)n2)n1. The molecule has 6 nitrogen and oxygen atoms in total. The molecule has 0 bridgehead atoms. The van der Waals surface area contributed by atoms with Crippen molar-refractivity contribution in [2.45, 2.75) is 13.0 Å². The number of aromatic nitrogens is 2. The lowest BCUT2D eigenvalue weighted by Gasteiger charge is -2.10. The summed E-state index contributed by atoms with van der Waals surface area (Å²) in [6, 6.07) is 8.80. The third-order valence-corrected chi connectivity index (χ3v) is 5.15. The smallest absolute Gasteiger partial charge is 0.357 e. The summed E-state index contributed by atoms with van der Waals surface area (Å²) in [5.74, 6) is -0.879. The van der Waals surface area contributed by atoms with Crippen LogP contribution in [0.2, 0.25) is 0 Å². The molecule has 2 aromatic heterocycles. The first-order valence-electron chi connectivity index (χ1n) is 7.34. The lowest BCUT2D eigenvalue weighted by atomic mass is 10.2. The third kappa shape index (κ3) is 3.92. The number of nitrogens with zero attached hydrogens (tertiary/aromatic N) is 2. The number of methoxy groups -OCH3 is 1. The maximum Gasteiger partial charge on any atom is 0.357 e. The van der Waals surface area contributed by atoms with Gasteiger partial charge in [0.05, 0.1) is 12.7 Å². The monoisotopic (exact) mass is 374 g/mol. The van der Waals surface area contributed by atoms with E-state index in [2.05, 4.69) is 14.7 Å². The number of benzene rings is 1. The van der Waals surface area contributed by atoms with Gasteiger partial charge in [0.15, 0.2) is 11.8 Å². The Hall–Kier alpha value is -2.58. The molecule has 0 N–H and O–H groups in total. The Morgan fingerprint density at radius 2 is 1.80 bits per heavy atom. The number of rotatable bonds is 5. The van der Waals surface area contributed by atoms with Crippen LogP contribution in [0.4, 0.5) is 0 Å². The van der Waals surface area contributed by atoms with Gasteiger partial charge in [-0.2, -0.15) is 0 Å². The summed E-state index contributed by atoms with van der Waals surface area (Å²) >= 11 is 2.68. The van der Waals surface area contributed by atoms with E-state index in [1.807, 2.05) is 11.4 Å². The molecule has 0 aliphatic carbocycles. The van der Waals surface area contributed by atoms with Crippen LogP contribution in [0.15, 0.2) is 41.1 Å². The number of thiazole rings is 2. The van der Waals surface area contributed by atoms with Crippen molar-refractivity contribution in [1.82, 2.24) is 9.97 Å². The maximum absolute atomic E-state index is 12.1. The van der Waals surface area contributed by atoms with Crippen molar-refractivity contribution in [3.8, 4) is 10.7 Å². The second kappa shape index (κ2) is 7.54. The van der Waals surface area contributed by atoms with Crippen LogP contribution in [-0.4, -0.2) is 29.0 Å². The number of hydrogen-bond donors (Lipinski definition) is 0. The van der Waals surface area contributed by atoms with Gasteiger partial charge in [-0.3, -0.25) is 0 Å². The molecule has 25 heavy (non-hydrogen) atoms. The lowest BCUT2D eigenvalue weighted by Crippen LogP contribution is -2.08. The third-order valence-electron chi connectivity index (χ3n) is 3.28. The van der Waals surface area contributed by atoms with Crippen molar-refractivity contribution in [3.05, 3.63) is 57.4 Å². The Bertz CT molecular complexity index is 889. The van der Waals surface area contributed by atoms with Gasteiger partial charge in [0.25, 0.3) is 0 Å². The van der Waals surface area contributed by atoms with Gasteiger partial charge in [0.1, 0.15) is 15.7 Å². The van der Waals surface area contributed by atoms with E-state index in [4.69, 9.17) is 4.74 Å². The Morgan fingerprint density at radius 1 is 1.04 bits per heavy atom. The summed E-state index contributed by atoms with van der Waals surface area (Å²) in [7, 11) is 1.31. The van der Waals surface area contributed by atoms with Crippen LogP contribution in [0.25, 0.3) is 10.7 Å². The minimum atomic E-state index is -0.483. The molecule has 3 rings (SSSR count). The molecule has 0 fully saturated rings. The van der Waals surface area contributed by atoms with E-state index in [-0.39, 0.29) is 5.69 Å². The standard InChI is InChI=1S/C17H14N2O4S2/c1-10(23-16(20)11-6-4-3-5-7-11)14-18-12(8-24-14)15-19-13(9-25-15)17(21)22-2/h3-10H,1-2H3. The van der Waals surface area contributed by atoms with E-state index >= 15 is 0 Å². The fourth-order valence-electron chi connectivity index (χ4n) is 2.02. The number of esters is 2. The van der Waals surface area contributed by atoms with E-state index in [9.17, 15) is 9.59 Å². The van der Waals surface area contributed by atoms with Crippen molar-refractivity contribution in [3.63, 3.8) is 0 Å². The topological polar surface area (TPSA) is 78.4 Å². The van der Waals surface area contributed by atoms with E-state index in [0.29, 0.717) is 21.3 Å². The molecule has 1 unspecified atom stereocenters. The predicted octanol–water partition coefficient (Wildman–Crippen LogP) is 3.97. The number of carbonyl (C=O) groups is 2. The van der Waals surface area contributed by atoms with Crippen LogP contribution in [0, 0.1) is 0 Å². The molecular weight excluding hydrogens is 360 g/mol. The first-order valence-corrected chi connectivity index (χ1v) is 9.10. The van der Waals surface area contributed by atoms with Crippen LogP contribution >= 0.6 is 22.7 Å². The average molecular weight is 374 g/mol. The van der Waals surface area contributed by atoms with E-state index < -0.39 is 18.0 Å². The van der Waals surface area contributed by atoms with Gasteiger partial charge >= 0.3 is 11.9 Å². The van der Waals surface area contributed by atoms with E-state index in [1.54, 1.807) is 36.6 Å². The zero-order valence-electron chi connectivity index (χ0n) is 13.5. The Labute approximate surface area is 152 Å². The molecule has 1 atom stereocenters. The Kier molecular flexibility index (Phi) is 5.20. The molecule has 3 aromatic rings. The molecule has 1 aromatic carbocycles. The summed E-state index contributed by atoms with van der Waals surface area (Å²) in [6.07, 6.45) is -0.480. The summed E-state index contributed by atoms with van der Waals surface area (Å²) in [4.78, 5) is 32.3. The van der Waals surface area contributed by atoms with Crippen LogP contribution in [0.3, 0.4) is 0 Å². The highest BCUT2D eigenvalue weighted by atomic mass is 32.1. The largest absolute Gasteiger partial charge is 0.464 e. The predicted molar refractivity (Wildman–Crippen MR) is 94.8 cm³/mol. The summed E-state index contributed by atoms with van der Waals surface area (Å²) in [5.41, 5.74) is 1.39. The fourth-order valence-corrected chi connectivity index (χ4v) is 3.63. The van der Waals surface area contributed by atoms with Crippen LogP contribution in [0.1, 0.15) is 38.9 Å². The van der Waals surface area contributed by atoms with E-state index in [0.717, 1.165) is 0 Å². The molecule has 0 aliphatic heterocycles. The number of ether oxygens (including phenoxy) is 2. The first kappa shape index (κ1) is 17.2. The van der Waals surface area contributed by atoms with Gasteiger partial charge in [0.2, 0.25) is 0 Å². The van der Waals surface area contributed by atoms with Crippen LogP contribution < -0.4 is 0 Å². The van der Waals surface area contributed by atoms with Gasteiger partial charge in [-0.1, -0.05) is 18.2 Å². The Balaban J connectivity index is 1.71. The van der Waals surface area contributed by atoms with Gasteiger partial charge in [-0.15, -0.1) is 22.7 Å². The summed E-state index contributed by atoms with van der Waals surface area (Å²) in [5, 5.41) is 4.72. The number of carbonyl (C=O) groups excluding carboxylic acids is 2. The second-order valence-electron chi connectivity index (χ2n) is 5.01. The maximum atomic E-state index is 12.1. The Morgan fingerprint density at radius 3 is 2.52 bits per heavy atom. The van der Waals surface area contributed by atoms with Gasteiger partial charge in [-0.25, -0.2) is 19.6 Å². The molecule has 0 aliphatic rings. The molecule has 0 saturated carbocycles. The average Bonchev–Trinajstić information content (AvgIpc) is 3.31. The van der Waals surface area contributed by atoms with Crippen molar-refractivity contribution in [2.24, 2.45) is 0 Å². The number of hydrogen-bond acceptors (Lipinski definition) is 8. The van der Waals surface area contributed by atoms with Crippen molar-refractivity contribution in [2.75, 3.05) is 7.11 Å². The first-order chi connectivity index (χ1) is 12.1. The molecule has 0 spiro atoms. The lowest BCUT2D eigenvalue weighted by molar-refractivity contribution is 0.0337. The van der Waals surface area contributed by atoms with Gasteiger partial charge in [-0.05, 0) is 19.1 Å². The quantitative estimate of drug-likeness (QED) is 0.629. The summed E-state index contributed by atoms with van der Waals surface area (Å²) in [6.45, 7) is 1.77. The van der Waals surface area contributed by atoms with Crippen molar-refractivity contribution < 1.29 is 19.1 Å². The molecule has 0 saturated heterocycles. The van der Waals surface area contributed by atoms with Crippen LogP contribution in [-0.2, 0) is 9.47 Å². The fraction of sp³-hybridized carbons (Fsp3) is 0.176. The highest BCUT2D eigenvalue weighted by Gasteiger charge is 2.19. The normalized spacial score (nSPS) is 11.8. The van der Waals surface area contributed by atoms with Gasteiger partial charge < -0.3 is 9.47 Å². The minimum Gasteiger partial charge on any atom is -0.464 e. The van der Waals surface area contributed by atoms with E-state index in [1.165, 1.54) is 29.8 Å². The molecule has 0 amide bonds. The van der Waals surface area contributed by atoms with Crippen molar-refractivity contribution >= 4 is 34.6 Å². The van der Waals surface area contributed by atoms with Crippen LogP contribution in [0.5, 0.6) is 0 Å². The van der Waals surface area contributed by atoms with Crippen molar-refractivity contribution in [1.29, 1.82) is 0 Å². The highest BCUT2D eigenvalue weighted by molar-refractivity contribution is 7.14. The minimum absolute atomic E-state index is 0.251. The zero-order chi connectivity index (χ0) is 17.8.